The second kappa shape index (κ2) is 12.5. The van der Waals surface area contributed by atoms with Gasteiger partial charge >= 0.3 is 5.97 Å². The van der Waals surface area contributed by atoms with E-state index < -0.39 is 0 Å². The van der Waals surface area contributed by atoms with Gasteiger partial charge in [0.2, 0.25) is 0 Å². The molecule has 1 N–H and O–H groups in total. The molecule has 0 saturated heterocycles. The number of ether oxygens (including phenoxy) is 3. The molecule has 2 rings (SSSR count). The Kier molecular flexibility index (Phi) is 9.71. The van der Waals surface area contributed by atoms with Gasteiger partial charge in [-0.05, 0) is 49.9 Å². The van der Waals surface area contributed by atoms with Crippen LogP contribution < -0.4 is 14.8 Å². The zero-order valence-corrected chi connectivity index (χ0v) is 18.0. The van der Waals surface area contributed by atoms with E-state index in [1.165, 1.54) is 0 Å². The number of rotatable bonds is 12. The molecule has 0 bridgehead atoms. The number of nitrogens with one attached hydrogen (secondary N) is 1. The van der Waals surface area contributed by atoms with Gasteiger partial charge in [0.05, 0.1) is 19.1 Å². The summed E-state index contributed by atoms with van der Waals surface area (Å²) in [6.45, 7) is 7.04. The van der Waals surface area contributed by atoms with Crippen LogP contribution in [0.5, 0.6) is 11.5 Å². The fourth-order valence-corrected chi connectivity index (χ4v) is 3.11. The average Bonchev–Trinajstić information content (AvgIpc) is 2.75. The second-order valence-electron chi connectivity index (χ2n) is 6.73. The molecule has 6 heteroatoms. The van der Waals surface area contributed by atoms with Crippen molar-refractivity contribution in [2.75, 3.05) is 26.4 Å². The van der Waals surface area contributed by atoms with Gasteiger partial charge in [0.25, 0.3) is 5.91 Å². The molecule has 0 aliphatic carbocycles. The van der Waals surface area contributed by atoms with E-state index in [1.807, 2.05) is 69.3 Å². The standard InChI is InChI=1S/C24H31NO5/c1-4-20(19-10-8-7-9-11-19)24(27)30-17-23(26)25-15-14-18-12-13-21(28-5-2)22(16-18)29-6-3/h7-13,16,20H,4-6,14-15,17H2,1-3H3,(H,25,26). The first kappa shape index (κ1) is 23.3. The zero-order chi connectivity index (χ0) is 21.8. The van der Waals surface area contributed by atoms with E-state index in [0.29, 0.717) is 44.1 Å². The summed E-state index contributed by atoms with van der Waals surface area (Å²) < 4.78 is 16.4. The number of amides is 1. The highest BCUT2D eigenvalue weighted by molar-refractivity contribution is 5.83. The monoisotopic (exact) mass is 413 g/mol. The molecule has 0 aliphatic heterocycles. The topological polar surface area (TPSA) is 73.9 Å². The molecule has 0 spiro atoms. The Hall–Kier alpha value is -3.02. The van der Waals surface area contributed by atoms with E-state index in [-0.39, 0.29) is 24.4 Å². The predicted octanol–water partition coefficient (Wildman–Crippen LogP) is 3.88. The van der Waals surface area contributed by atoms with Crippen LogP contribution in [0.4, 0.5) is 0 Å². The second-order valence-corrected chi connectivity index (χ2v) is 6.73. The van der Waals surface area contributed by atoms with Crippen LogP contribution in [0.15, 0.2) is 48.5 Å². The minimum atomic E-state index is -0.383. The Morgan fingerprint density at radius 3 is 2.30 bits per heavy atom. The molecule has 30 heavy (non-hydrogen) atoms. The van der Waals surface area contributed by atoms with Gasteiger partial charge in [-0.1, -0.05) is 43.3 Å². The largest absolute Gasteiger partial charge is 0.490 e. The van der Waals surface area contributed by atoms with Crippen molar-refractivity contribution < 1.29 is 23.8 Å². The zero-order valence-electron chi connectivity index (χ0n) is 18.0. The minimum absolute atomic E-state index is 0.282. The molecule has 0 aromatic heterocycles. The van der Waals surface area contributed by atoms with Gasteiger partial charge in [0.15, 0.2) is 18.1 Å². The van der Waals surface area contributed by atoms with Crippen LogP contribution in [0.2, 0.25) is 0 Å². The van der Waals surface area contributed by atoms with E-state index in [9.17, 15) is 9.59 Å². The van der Waals surface area contributed by atoms with Crippen molar-refractivity contribution in [3.8, 4) is 11.5 Å². The average molecular weight is 414 g/mol. The molecule has 2 aromatic rings. The third-order valence-electron chi connectivity index (χ3n) is 4.58. The van der Waals surface area contributed by atoms with Crippen molar-refractivity contribution in [3.05, 3.63) is 59.7 Å². The highest BCUT2D eigenvalue weighted by atomic mass is 16.5. The number of carbonyl (C=O) groups is 2. The summed E-state index contributed by atoms with van der Waals surface area (Å²) in [5.41, 5.74) is 1.92. The van der Waals surface area contributed by atoms with Gasteiger partial charge in [0.1, 0.15) is 0 Å². The first-order valence-electron chi connectivity index (χ1n) is 10.5. The van der Waals surface area contributed by atoms with Gasteiger partial charge in [-0.3, -0.25) is 9.59 Å². The van der Waals surface area contributed by atoms with E-state index >= 15 is 0 Å². The van der Waals surface area contributed by atoms with Crippen molar-refractivity contribution in [2.24, 2.45) is 0 Å². The maximum atomic E-state index is 12.3. The fourth-order valence-electron chi connectivity index (χ4n) is 3.11. The Morgan fingerprint density at radius 2 is 1.63 bits per heavy atom. The Labute approximate surface area is 178 Å². The number of hydrogen-bond donors (Lipinski definition) is 1. The molecule has 0 aliphatic rings. The molecule has 6 nitrogen and oxygen atoms in total. The van der Waals surface area contributed by atoms with Crippen molar-refractivity contribution >= 4 is 11.9 Å². The molecule has 1 atom stereocenters. The Morgan fingerprint density at radius 1 is 0.933 bits per heavy atom. The normalized spacial score (nSPS) is 11.4. The Bertz CT molecular complexity index is 806. The van der Waals surface area contributed by atoms with Gasteiger partial charge in [-0.25, -0.2) is 0 Å². The summed E-state index contributed by atoms with van der Waals surface area (Å²) in [6, 6.07) is 15.2. The molecule has 1 unspecified atom stereocenters. The quantitative estimate of drug-likeness (QED) is 0.535. The molecule has 2 aromatic carbocycles. The molecule has 162 valence electrons. The van der Waals surface area contributed by atoms with Gasteiger partial charge in [-0.2, -0.15) is 0 Å². The van der Waals surface area contributed by atoms with Crippen molar-refractivity contribution in [3.63, 3.8) is 0 Å². The van der Waals surface area contributed by atoms with E-state index in [2.05, 4.69) is 5.32 Å². The smallest absolute Gasteiger partial charge is 0.313 e. The molecule has 1 amide bonds. The maximum absolute atomic E-state index is 12.3. The summed E-state index contributed by atoms with van der Waals surface area (Å²) in [7, 11) is 0. The number of carbonyl (C=O) groups excluding carboxylic acids is 2. The first-order chi connectivity index (χ1) is 14.6. The molecular weight excluding hydrogens is 382 g/mol. The third kappa shape index (κ3) is 7.10. The van der Waals surface area contributed by atoms with E-state index in [1.54, 1.807) is 0 Å². The van der Waals surface area contributed by atoms with Crippen LogP contribution in [0.25, 0.3) is 0 Å². The minimum Gasteiger partial charge on any atom is -0.490 e. The fraction of sp³-hybridized carbons (Fsp3) is 0.417. The van der Waals surface area contributed by atoms with Gasteiger partial charge in [-0.15, -0.1) is 0 Å². The van der Waals surface area contributed by atoms with E-state index in [4.69, 9.17) is 14.2 Å². The van der Waals surface area contributed by atoms with Crippen LogP contribution in [0.3, 0.4) is 0 Å². The lowest BCUT2D eigenvalue weighted by Crippen LogP contribution is -2.31. The maximum Gasteiger partial charge on any atom is 0.313 e. The summed E-state index contributed by atoms with van der Waals surface area (Å²) in [4.78, 5) is 24.4. The molecular formula is C24H31NO5. The van der Waals surface area contributed by atoms with Crippen LogP contribution in [-0.4, -0.2) is 38.2 Å². The lowest BCUT2D eigenvalue weighted by atomic mass is 9.97. The van der Waals surface area contributed by atoms with Crippen LogP contribution in [0.1, 0.15) is 44.2 Å². The number of esters is 1. The SMILES string of the molecule is CCOc1ccc(CCNC(=O)COC(=O)C(CC)c2ccccc2)cc1OCC. The summed E-state index contributed by atoms with van der Waals surface area (Å²) in [6.07, 6.45) is 1.25. The molecule has 0 radical (unpaired) electrons. The molecule has 0 saturated carbocycles. The summed E-state index contributed by atoms with van der Waals surface area (Å²) in [5, 5.41) is 2.79. The Balaban J connectivity index is 1.79. The highest BCUT2D eigenvalue weighted by Gasteiger charge is 2.20. The van der Waals surface area contributed by atoms with Gasteiger partial charge < -0.3 is 19.5 Å². The number of hydrogen-bond acceptors (Lipinski definition) is 5. The molecule has 0 heterocycles. The van der Waals surface area contributed by atoms with Crippen LogP contribution in [-0.2, 0) is 20.7 Å². The first-order valence-corrected chi connectivity index (χ1v) is 10.5. The van der Waals surface area contributed by atoms with Crippen LogP contribution >= 0.6 is 0 Å². The van der Waals surface area contributed by atoms with Crippen molar-refractivity contribution in [1.82, 2.24) is 5.32 Å². The van der Waals surface area contributed by atoms with Crippen molar-refractivity contribution in [2.45, 2.75) is 39.5 Å². The van der Waals surface area contributed by atoms with Crippen LogP contribution in [0, 0.1) is 0 Å². The molecule has 0 fully saturated rings. The highest BCUT2D eigenvalue weighted by Crippen LogP contribution is 2.28. The summed E-state index contributed by atoms with van der Waals surface area (Å²) >= 11 is 0. The van der Waals surface area contributed by atoms with E-state index in [0.717, 1.165) is 11.1 Å². The number of benzene rings is 2. The lowest BCUT2D eigenvalue weighted by molar-refractivity contribution is -0.150. The van der Waals surface area contributed by atoms with Gasteiger partial charge in [0, 0.05) is 6.54 Å². The summed E-state index contributed by atoms with van der Waals surface area (Å²) in [5.74, 6) is 0.348. The third-order valence-corrected chi connectivity index (χ3v) is 4.58. The van der Waals surface area contributed by atoms with Crippen molar-refractivity contribution in [1.29, 1.82) is 0 Å². The lowest BCUT2D eigenvalue weighted by Gasteiger charge is -2.15. The predicted molar refractivity (Wildman–Crippen MR) is 116 cm³/mol.